The number of aldehydes is 1. The fourth-order valence-corrected chi connectivity index (χ4v) is 1.34. The second kappa shape index (κ2) is 6.14. The lowest BCUT2D eigenvalue weighted by molar-refractivity contribution is -0.116. The van der Waals surface area contributed by atoms with Crippen LogP contribution in [0.3, 0.4) is 0 Å². The predicted octanol–water partition coefficient (Wildman–Crippen LogP) is 1.30. The molecule has 0 rings (SSSR count). The van der Waals surface area contributed by atoms with Crippen molar-refractivity contribution >= 4 is 6.29 Å². The van der Waals surface area contributed by atoms with Crippen molar-refractivity contribution in [1.29, 1.82) is 0 Å². The van der Waals surface area contributed by atoms with Crippen molar-refractivity contribution in [2.75, 3.05) is 19.7 Å². The van der Waals surface area contributed by atoms with Crippen LogP contribution in [0, 0.1) is 5.41 Å². The van der Waals surface area contributed by atoms with Gasteiger partial charge in [-0.1, -0.05) is 13.8 Å². The molecule has 0 saturated carbocycles. The van der Waals surface area contributed by atoms with Crippen LogP contribution in [0.2, 0.25) is 0 Å². The molecule has 0 saturated heterocycles. The first kappa shape index (κ1) is 13.6. The van der Waals surface area contributed by atoms with Gasteiger partial charge in [0.2, 0.25) is 0 Å². The Morgan fingerprint density at radius 3 is 2.36 bits per heavy atom. The summed E-state index contributed by atoms with van der Waals surface area (Å²) in [7, 11) is 0. The molecule has 1 N–H and O–H groups in total. The summed E-state index contributed by atoms with van der Waals surface area (Å²) in [5, 5.41) is 8.90. The average molecular weight is 201 g/mol. The van der Waals surface area contributed by atoms with Crippen molar-refractivity contribution in [2.24, 2.45) is 5.41 Å². The maximum Gasteiger partial charge on any atom is 0.127 e. The summed E-state index contributed by atoms with van der Waals surface area (Å²) >= 11 is 0. The fourth-order valence-electron chi connectivity index (χ4n) is 1.34. The summed E-state index contributed by atoms with van der Waals surface area (Å²) in [6, 6.07) is 0.368. The first-order valence-electron chi connectivity index (χ1n) is 5.30. The van der Waals surface area contributed by atoms with E-state index in [0.29, 0.717) is 12.6 Å². The highest BCUT2D eigenvalue weighted by molar-refractivity contribution is 5.58. The zero-order chi connectivity index (χ0) is 11.2. The highest BCUT2D eigenvalue weighted by atomic mass is 16.3. The Morgan fingerprint density at radius 1 is 1.50 bits per heavy atom. The van der Waals surface area contributed by atoms with Gasteiger partial charge in [0.1, 0.15) is 6.29 Å². The number of carbonyl (C=O) groups is 1. The molecule has 0 bridgehead atoms. The standard InChI is InChI=1S/C11H23NO2/c1-5-11(4,9-14)8-12(6-7-13)10(2)3/h9-10,13H,5-8H2,1-4H3. The van der Waals surface area contributed by atoms with Crippen LogP contribution in [0.5, 0.6) is 0 Å². The van der Waals surface area contributed by atoms with Gasteiger partial charge in [-0.15, -0.1) is 0 Å². The average Bonchev–Trinajstić information content (AvgIpc) is 2.17. The zero-order valence-corrected chi connectivity index (χ0v) is 9.79. The second-order valence-corrected chi connectivity index (χ2v) is 4.41. The largest absolute Gasteiger partial charge is 0.395 e. The van der Waals surface area contributed by atoms with Gasteiger partial charge in [-0.3, -0.25) is 4.90 Å². The minimum Gasteiger partial charge on any atom is -0.395 e. The molecule has 0 aromatic rings. The van der Waals surface area contributed by atoms with Crippen molar-refractivity contribution in [2.45, 2.75) is 40.2 Å². The molecule has 0 aromatic carbocycles. The minimum atomic E-state index is -0.278. The number of aliphatic hydroxyl groups is 1. The molecule has 1 atom stereocenters. The monoisotopic (exact) mass is 201 g/mol. The molecule has 0 amide bonds. The third-order valence-electron chi connectivity index (χ3n) is 2.77. The Morgan fingerprint density at radius 2 is 2.07 bits per heavy atom. The SMILES string of the molecule is CCC(C)(C=O)CN(CCO)C(C)C. The third kappa shape index (κ3) is 4.20. The summed E-state index contributed by atoms with van der Waals surface area (Å²) < 4.78 is 0. The fraction of sp³-hybridized carbons (Fsp3) is 0.909. The number of rotatable bonds is 7. The molecule has 0 aromatic heterocycles. The van der Waals surface area contributed by atoms with Gasteiger partial charge < -0.3 is 9.90 Å². The first-order chi connectivity index (χ1) is 6.49. The molecule has 0 aliphatic carbocycles. The van der Waals surface area contributed by atoms with Gasteiger partial charge in [0, 0.05) is 24.5 Å². The van der Waals surface area contributed by atoms with Gasteiger partial charge in [-0.25, -0.2) is 0 Å². The summed E-state index contributed by atoms with van der Waals surface area (Å²) in [6.45, 7) is 9.66. The molecule has 0 aliphatic rings. The van der Waals surface area contributed by atoms with Gasteiger partial charge in [0.05, 0.1) is 6.61 Å². The maximum atomic E-state index is 10.9. The van der Waals surface area contributed by atoms with Crippen molar-refractivity contribution in [3.8, 4) is 0 Å². The van der Waals surface area contributed by atoms with Crippen LogP contribution in [0.25, 0.3) is 0 Å². The quantitative estimate of drug-likeness (QED) is 0.631. The summed E-state index contributed by atoms with van der Waals surface area (Å²) in [4.78, 5) is 13.1. The molecule has 0 radical (unpaired) electrons. The molecule has 3 heteroatoms. The van der Waals surface area contributed by atoms with E-state index in [-0.39, 0.29) is 12.0 Å². The van der Waals surface area contributed by atoms with Crippen molar-refractivity contribution in [3.63, 3.8) is 0 Å². The van der Waals surface area contributed by atoms with Gasteiger partial charge in [0.15, 0.2) is 0 Å². The zero-order valence-electron chi connectivity index (χ0n) is 9.79. The van der Waals surface area contributed by atoms with E-state index in [1.165, 1.54) is 0 Å². The molecule has 14 heavy (non-hydrogen) atoms. The lowest BCUT2D eigenvalue weighted by atomic mass is 9.88. The van der Waals surface area contributed by atoms with Crippen LogP contribution in [-0.4, -0.2) is 42.0 Å². The highest BCUT2D eigenvalue weighted by Gasteiger charge is 2.25. The highest BCUT2D eigenvalue weighted by Crippen LogP contribution is 2.20. The number of carbonyl (C=O) groups excluding carboxylic acids is 1. The van der Waals surface area contributed by atoms with E-state index in [4.69, 9.17) is 5.11 Å². The Bertz CT molecular complexity index is 171. The molecule has 0 aliphatic heterocycles. The van der Waals surface area contributed by atoms with E-state index in [9.17, 15) is 4.79 Å². The van der Waals surface area contributed by atoms with E-state index in [0.717, 1.165) is 19.3 Å². The minimum absolute atomic E-state index is 0.150. The van der Waals surface area contributed by atoms with Crippen LogP contribution in [0.1, 0.15) is 34.1 Å². The van der Waals surface area contributed by atoms with Gasteiger partial charge in [0.25, 0.3) is 0 Å². The van der Waals surface area contributed by atoms with E-state index in [1.54, 1.807) is 0 Å². The maximum absolute atomic E-state index is 10.9. The second-order valence-electron chi connectivity index (χ2n) is 4.41. The van der Waals surface area contributed by atoms with E-state index in [2.05, 4.69) is 18.7 Å². The Balaban J connectivity index is 4.33. The Labute approximate surface area is 87.1 Å². The normalized spacial score (nSPS) is 15.9. The van der Waals surface area contributed by atoms with E-state index < -0.39 is 0 Å². The number of nitrogens with zero attached hydrogens (tertiary/aromatic N) is 1. The van der Waals surface area contributed by atoms with Crippen LogP contribution in [0.4, 0.5) is 0 Å². The molecule has 84 valence electrons. The smallest absolute Gasteiger partial charge is 0.127 e. The topological polar surface area (TPSA) is 40.5 Å². The third-order valence-corrected chi connectivity index (χ3v) is 2.77. The lowest BCUT2D eigenvalue weighted by Gasteiger charge is -2.33. The summed E-state index contributed by atoms with van der Waals surface area (Å²) in [5.74, 6) is 0. The molecule has 0 spiro atoms. The van der Waals surface area contributed by atoms with E-state index in [1.807, 2.05) is 13.8 Å². The Hall–Kier alpha value is -0.410. The van der Waals surface area contributed by atoms with Crippen molar-refractivity contribution in [3.05, 3.63) is 0 Å². The number of aliphatic hydroxyl groups excluding tert-OH is 1. The molecular weight excluding hydrogens is 178 g/mol. The van der Waals surface area contributed by atoms with Gasteiger partial charge in [-0.2, -0.15) is 0 Å². The number of hydrogen-bond donors (Lipinski definition) is 1. The van der Waals surface area contributed by atoms with Gasteiger partial charge >= 0.3 is 0 Å². The van der Waals surface area contributed by atoms with E-state index >= 15 is 0 Å². The van der Waals surface area contributed by atoms with Crippen LogP contribution >= 0.6 is 0 Å². The molecule has 0 heterocycles. The number of hydrogen-bond acceptors (Lipinski definition) is 3. The molecule has 1 unspecified atom stereocenters. The molecule has 0 fully saturated rings. The molecular formula is C11H23NO2. The predicted molar refractivity (Wildman–Crippen MR) is 58.3 cm³/mol. The first-order valence-corrected chi connectivity index (χ1v) is 5.30. The van der Waals surface area contributed by atoms with Crippen molar-refractivity contribution < 1.29 is 9.90 Å². The van der Waals surface area contributed by atoms with Crippen molar-refractivity contribution in [1.82, 2.24) is 4.90 Å². The van der Waals surface area contributed by atoms with Crippen LogP contribution in [-0.2, 0) is 4.79 Å². The van der Waals surface area contributed by atoms with Crippen LogP contribution < -0.4 is 0 Å². The molecule has 3 nitrogen and oxygen atoms in total. The van der Waals surface area contributed by atoms with Crippen LogP contribution in [0.15, 0.2) is 0 Å². The summed E-state index contributed by atoms with van der Waals surface area (Å²) in [6.07, 6.45) is 1.87. The lowest BCUT2D eigenvalue weighted by Crippen LogP contribution is -2.42. The Kier molecular flexibility index (Phi) is 5.96. The summed E-state index contributed by atoms with van der Waals surface area (Å²) in [5.41, 5.74) is -0.278. The van der Waals surface area contributed by atoms with Gasteiger partial charge in [-0.05, 0) is 20.3 Å².